The largest absolute Gasteiger partial charge is 0.295 e. The maximum atomic E-state index is 12.1. The predicted octanol–water partition coefficient (Wildman–Crippen LogP) is 1.68. The van der Waals surface area contributed by atoms with E-state index in [9.17, 15) is 4.79 Å². The summed E-state index contributed by atoms with van der Waals surface area (Å²) in [5.41, 5.74) is 3.16. The molecule has 0 spiro atoms. The number of amides is 1. The minimum atomic E-state index is -0.346. The van der Waals surface area contributed by atoms with Crippen LogP contribution in [0.5, 0.6) is 0 Å². The molecule has 0 aliphatic carbocycles. The molecule has 2 aromatic heterocycles. The highest BCUT2D eigenvalue weighted by molar-refractivity contribution is 7.13. The first kappa shape index (κ1) is 12.4. The van der Waals surface area contributed by atoms with Gasteiger partial charge in [0.25, 0.3) is 5.91 Å². The van der Waals surface area contributed by atoms with Gasteiger partial charge in [0.1, 0.15) is 5.51 Å². The summed E-state index contributed by atoms with van der Waals surface area (Å²) in [5, 5.41) is 18.9. The van der Waals surface area contributed by atoms with Crippen LogP contribution in [0.4, 0.5) is 5.13 Å². The molecule has 1 N–H and O–H groups in total. The Labute approximate surface area is 118 Å². The molecule has 0 saturated heterocycles. The van der Waals surface area contributed by atoms with Gasteiger partial charge in [0, 0.05) is 0 Å². The maximum Gasteiger partial charge on any atom is 0.279 e. The van der Waals surface area contributed by atoms with Gasteiger partial charge in [0.2, 0.25) is 5.13 Å². The monoisotopic (exact) mass is 286 g/mol. The Balaban J connectivity index is 1.88. The third kappa shape index (κ3) is 2.41. The van der Waals surface area contributed by atoms with Crippen LogP contribution in [0.15, 0.2) is 35.8 Å². The zero-order valence-corrected chi connectivity index (χ0v) is 11.3. The van der Waals surface area contributed by atoms with Crippen molar-refractivity contribution in [2.45, 2.75) is 6.92 Å². The topological polar surface area (TPSA) is 85.6 Å². The lowest BCUT2D eigenvalue weighted by Crippen LogP contribution is -2.14. The number of carbonyl (C=O) groups excluding carboxylic acids is 1. The van der Waals surface area contributed by atoms with Gasteiger partial charge >= 0.3 is 0 Å². The van der Waals surface area contributed by atoms with Crippen LogP contribution in [-0.2, 0) is 0 Å². The van der Waals surface area contributed by atoms with Gasteiger partial charge in [-0.1, -0.05) is 29.5 Å². The number of nitrogens with one attached hydrogen (secondary N) is 1. The molecule has 0 unspecified atom stereocenters. The molecule has 8 heteroatoms. The van der Waals surface area contributed by atoms with Crippen LogP contribution in [-0.4, -0.2) is 31.1 Å². The van der Waals surface area contributed by atoms with E-state index in [2.05, 4.69) is 25.7 Å². The van der Waals surface area contributed by atoms with Crippen LogP contribution in [0.1, 0.15) is 16.2 Å². The van der Waals surface area contributed by atoms with Crippen molar-refractivity contribution in [3.05, 3.63) is 47.2 Å². The Bertz CT molecular complexity index is 722. The fourth-order valence-corrected chi connectivity index (χ4v) is 2.09. The summed E-state index contributed by atoms with van der Waals surface area (Å²) in [6.45, 7) is 1.74. The van der Waals surface area contributed by atoms with E-state index >= 15 is 0 Å². The first-order chi connectivity index (χ1) is 9.74. The second-order valence-electron chi connectivity index (χ2n) is 3.96. The molecule has 0 saturated carbocycles. The Hall–Kier alpha value is -2.61. The molecule has 20 heavy (non-hydrogen) atoms. The quantitative estimate of drug-likeness (QED) is 0.791. The van der Waals surface area contributed by atoms with Crippen LogP contribution in [0.3, 0.4) is 0 Å². The Kier molecular flexibility index (Phi) is 3.21. The number of carbonyl (C=O) groups is 1. The van der Waals surface area contributed by atoms with Crippen molar-refractivity contribution < 1.29 is 4.79 Å². The summed E-state index contributed by atoms with van der Waals surface area (Å²) >= 11 is 1.25. The highest BCUT2D eigenvalue weighted by Gasteiger charge is 2.17. The van der Waals surface area contributed by atoms with Crippen molar-refractivity contribution in [2.24, 2.45) is 0 Å². The molecule has 0 aliphatic rings. The van der Waals surface area contributed by atoms with E-state index < -0.39 is 0 Å². The summed E-state index contributed by atoms with van der Waals surface area (Å²) in [6, 6.07) is 9.41. The number of benzene rings is 1. The molecule has 3 aromatic rings. The van der Waals surface area contributed by atoms with E-state index in [1.807, 2.05) is 30.3 Å². The van der Waals surface area contributed by atoms with E-state index in [-0.39, 0.29) is 11.6 Å². The second kappa shape index (κ2) is 5.17. The highest BCUT2D eigenvalue weighted by Crippen LogP contribution is 2.12. The summed E-state index contributed by atoms with van der Waals surface area (Å²) in [5.74, 6) is -0.346. The number of rotatable bonds is 3. The molecule has 1 aromatic carbocycles. The lowest BCUT2D eigenvalue weighted by Gasteiger charge is -1.98. The average molecular weight is 286 g/mol. The van der Waals surface area contributed by atoms with Gasteiger partial charge in [-0.25, -0.2) is 0 Å². The lowest BCUT2D eigenvalue weighted by molar-refractivity contribution is 0.102. The van der Waals surface area contributed by atoms with Crippen molar-refractivity contribution >= 4 is 22.4 Å². The normalized spacial score (nSPS) is 10.4. The first-order valence-corrected chi connectivity index (χ1v) is 6.69. The molecule has 1 amide bonds. The molecule has 0 fully saturated rings. The van der Waals surface area contributed by atoms with Crippen LogP contribution in [0.25, 0.3) is 5.69 Å². The number of anilines is 1. The average Bonchev–Trinajstić information content (AvgIpc) is 3.09. The van der Waals surface area contributed by atoms with Gasteiger partial charge < -0.3 is 0 Å². The first-order valence-electron chi connectivity index (χ1n) is 5.81. The standard InChI is InChI=1S/C12H10N6OS/c1-8-10(11(19)14-12-15-13-7-20-12)17-18(16-8)9-5-3-2-4-6-9/h2-7H,1H3,(H,14,15,19). The minimum absolute atomic E-state index is 0.268. The van der Waals surface area contributed by atoms with Crippen molar-refractivity contribution in [1.29, 1.82) is 0 Å². The SMILES string of the molecule is Cc1nn(-c2ccccc2)nc1C(=O)Nc1nncs1. The van der Waals surface area contributed by atoms with Gasteiger partial charge in [-0.2, -0.15) is 9.90 Å². The number of nitrogens with zero attached hydrogens (tertiary/aromatic N) is 5. The number of aryl methyl sites for hydroxylation is 1. The summed E-state index contributed by atoms with van der Waals surface area (Å²) in [7, 11) is 0. The van der Waals surface area contributed by atoms with E-state index in [4.69, 9.17) is 0 Å². The summed E-state index contributed by atoms with van der Waals surface area (Å²) in [4.78, 5) is 13.5. The molecule has 0 atom stereocenters. The fourth-order valence-electron chi connectivity index (χ4n) is 1.65. The molecular weight excluding hydrogens is 276 g/mol. The Morgan fingerprint density at radius 3 is 2.75 bits per heavy atom. The summed E-state index contributed by atoms with van der Waals surface area (Å²) in [6.07, 6.45) is 0. The van der Waals surface area contributed by atoms with Crippen LogP contribution in [0.2, 0.25) is 0 Å². The van der Waals surface area contributed by atoms with Crippen LogP contribution in [0, 0.1) is 6.92 Å². The number of hydrogen-bond acceptors (Lipinski definition) is 6. The van der Waals surface area contributed by atoms with E-state index in [1.165, 1.54) is 16.1 Å². The molecule has 100 valence electrons. The van der Waals surface area contributed by atoms with Gasteiger partial charge in [-0.05, 0) is 19.1 Å². The van der Waals surface area contributed by atoms with Crippen molar-refractivity contribution in [1.82, 2.24) is 25.2 Å². The molecule has 0 bridgehead atoms. The lowest BCUT2D eigenvalue weighted by atomic mass is 10.3. The molecular formula is C12H10N6OS. The fraction of sp³-hybridized carbons (Fsp3) is 0.0833. The third-order valence-corrected chi connectivity index (χ3v) is 3.17. The third-order valence-electron chi connectivity index (χ3n) is 2.56. The molecule has 3 rings (SSSR count). The zero-order valence-electron chi connectivity index (χ0n) is 10.5. The van der Waals surface area contributed by atoms with Gasteiger partial charge in [-0.3, -0.25) is 10.1 Å². The Morgan fingerprint density at radius 2 is 2.05 bits per heavy atom. The number of para-hydroxylation sites is 1. The van der Waals surface area contributed by atoms with Gasteiger partial charge in [-0.15, -0.1) is 15.3 Å². The van der Waals surface area contributed by atoms with E-state index in [0.717, 1.165) is 5.69 Å². The zero-order chi connectivity index (χ0) is 13.9. The molecule has 0 aliphatic heterocycles. The van der Waals surface area contributed by atoms with Gasteiger partial charge in [0.15, 0.2) is 5.69 Å². The van der Waals surface area contributed by atoms with Gasteiger partial charge in [0.05, 0.1) is 11.4 Å². The highest BCUT2D eigenvalue weighted by atomic mass is 32.1. The summed E-state index contributed by atoms with van der Waals surface area (Å²) < 4.78 is 0. The number of aromatic nitrogens is 5. The van der Waals surface area contributed by atoms with Crippen molar-refractivity contribution in [2.75, 3.05) is 5.32 Å². The predicted molar refractivity (Wildman–Crippen MR) is 74.0 cm³/mol. The van der Waals surface area contributed by atoms with Crippen molar-refractivity contribution in [3.63, 3.8) is 0 Å². The van der Waals surface area contributed by atoms with Crippen LogP contribution < -0.4 is 5.32 Å². The maximum absolute atomic E-state index is 12.1. The van der Waals surface area contributed by atoms with Crippen molar-refractivity contribution in [3.8, 4) is 5.69 Å². The smallest absolute Gasteiger partial charge is 0.279 e. The molecule has 7 nitrogen and oxygen atoms in total. The Morgan fingerprint density at radius 1 is 1.25 bits per heavy atom. The number of hydrogen-bond donors (Lipinski definition) is 1. The minimum Gasteiger partial charge on any atom is -0.295 e. The van der Waals surface area contributed by atoms with E-state index in [0.29, 0.717) is 10.8 Å². The second-order valence-corrected chi connectivity index (χ2v) is 4.79. The van der Waals surface area contributed by atoms with Crippen LogP contribution >= 0.6 is 11.3 Å². The molecule has 2 heterocycles. The molecule has 0 radical (unpaired) electrons. The van der Waals surface area contributed by atoms with E-state index in [1.54, 1.807) is 12.4 Å².